The Hall–Kier alpha value is -1.77. The third-order valence-corrected chi connectivity index (χ3v) is 2.52. The lowest BCUT2D eigenvalue weighted by atomic mass is 10.2. The highest BCUT2D eigenvalue weighted by molar-refractivity contribution is 5.43. The van der Waals surface area contributed by atoms with Gasteiger partial charge in [0.2, 0.25) is 0 Å². The molecule has 78 valence electrons. The second-order valence-corrected chi connectivity index (χ2v) is 3.63. The summed E-state index contributed by atoms with van der Waals surface area (Å²) in [6, 6.07) is 10.2. The van der Waals surface area contributed by atoms with Crippen molar-refractivity contribution in [3.8, 4) is 0 Å². The molecule has 2 aromatic rings. The molecule has 3 heteroatoms. The lowest BCUT2D eigenvalue weighted by molar-refractivity contribution is 1.02. The van der Waals surface area contributed by atoms with E-state index in [1.165, 1.54) is 5.56 Å². The molecule has 0 unspecified atom stereocenters. The van der Waals surface area contributed by atoms with Gasteiger partial charge in [-0.1, -0.05) is 18.2 Å². The van der Waals surface area contributed by atoms with Crippen molar-refractivity contribution in [1.82, 2.24) is 10.2 Å². The SMILES string of the molecule is Cc1n[nH]c(C)c1CNc1ccccc1. The first kappa shape index (κ1) is 9.77. The summed E-state index contributed by atoms with van der Waals surface area (Å²) in [5.74, 6) is 0. The van der Waals surface area contributed by atoms with Gasteiger partial charge in [-0.2, -0.15) is 5.10 Å². The third kappa shape index (κ3) is 2.18. The van der Waals surface area contributed by atoms with E-state index in [4.69, 9.17) is 0 Å². The smallest absolute Gasteiger partial charge is 0.0643 e. The summed E-state index contributed by atoms with van der Waals surface area (Å²) in [5, 5.41) is 10.5. The molecule has 0 aliphatic carbocycles. The first-order chi connectivity index (χ1) is 7.27. The zero-order valence-electron chi connectivity index (χ0n) is 9.04. The van der Waals surface area contributed by atoms with Crippen LogP contribution < -0.4 is 5.32 Å². The molecular formula is C12H15N3. The Bertz CT molecular complexity index is 412. The molecule has 0 saturated carbocycles. The molecule has 0 spiro atoms. The zero-order chi connectivity index (χ0) is 10.7. The number of nitrogens with one attached hydrogen (secondary N) is 2. The molecular weight excluding hydrogens is 186 g/mol. The molecule has 1 aromatic carbocycles. The van der Waals surface area contributed by atoms with Crippen molar-refractivity contribution < 1.29 is 0 Å². The van der Waals surface area contributed by atoms with E-state index >= 15 is 0 Å². The second kappa shape index (κ2) is 4.17. The standard InChI is InChI=1S/C12H15N3/c1-9-12(10(2)15-14-9)8-13-11-6-4-3-5-7-11/h3-7,13H,8H2,1-2H3,(H,14,15). The van der Waals surface area contributed by atoms with Crippen LogP contribution in [-0.4, -0.2) is 10.2 Å². The number of H-pyrrole nitrogens is 1. The van der Waals surface area contributed by atoms with Crippen molar-refractivity contribution in [3.05, 3.63) is 47.3 Å². The van der Waals surface area contributed by atoms with Gasteiger partial charge in [-0.3, -0.25) is 5.10 Å². The Morgan fingerprint density at radius 3 is 2.53 bits per heavy atom. The summed E-state index contributed by atoms with van der Waals surface area (Å²) >= 11 is 0. The molecule has 1 aromatic heterocycles. The Morgan fingerprint density at radius 2 is 1.93 bits per heavy atom. The number of hydrogen-bond donors (Lipinski definition) is 2. The van der Waals surface area contributed by atoms with Crippen LogP contribution in [0.3, 0.4) is 0 Å². The lowest BCUT2D eigenvalue weighted by Gasteiger charge is -2.05. The maximum atomic E-state index is 4.16. The Kier molecular flexibility index (Phi) is 2.72. The summed E-state index contributed by atoms with van der Waals surface area (Å²) in [6.45, 7) is 4.88. The highest BCUT2D eigenvalue weighted by atomic mass is 15.1. The number of aromatic nitrogens is 2. The van der Waals surface area contributed by atoms with Crippen LogP contribution in [0, 0.1) is 13.8 Å². The van der Waals surface area contributed by atoms with Gasteiger partial charge in [0.1, 0.15) is 0 Å². The number of nitrogens with zero attached hydrogens (tertiary/aromatic N) is 1. The summed E-state index contributed by atoms with van der Waals surface area (Å²) in [6.07, 6.45) is 0. The molecule has 15 heavy (non-hydrogen) atoms. The van der Waals surface area contributed by atoms with E-state index in [9.17, 15) is 0 Å². The molecule has 0 aliphatic rings. The van der Waals surface area contributed by atoms with Gasteiger partial charge in [-0.25, -0.2) is 0 Å². The fraction of sp³-hybridized carbons (Fsp3) is 0.250. The molecule has 0 radical (unpaired) electrons. The number of aryl methyl sites for hydroxylation is 2. The number of anilines is 1. The summed E-state index contributed by atoms with van der Waals surface area (Å²) < 4.78 is 0. The van der Waals surface area contributed by atoms with Crippen molar-refractivity contribution in [1.29, 1.82) is 0 Å². The van der Waals surface area contributed by atoms with Crippen LogP contribution in [0.1, 0.15) is 17.0 Å². The van der Waals surface area contributed by atoms with E-state index in [0.29, 0.717) is 0 Å². The maximum absolute atomic E-state index is 4.16. The molecule has 2 N–H and O–H groups in total. The highest BCUT2D eigenvalue weighted by Gasteiger charge is 2.04. The molecule has 0 atom stereocenters. The molecule has 0 saturated heterocycles. The van der Waals surface area contributed by atoms with E-state index < -0.39 is 0 Å². The van der Waals surface area contributed by atoms with Gasteiger partial charge in [0.05, 0.1) is 5.69 Å². The predicted molar refractivity (Wildman–Crippen MR) is 61.8 cm³/mol. The fourth-order valence-corrected chi connectivity index (χ4v) is 1.58. The monoisotopic (exact) mass is 201 g/mol. The van der Waals surface area contributed by atoms with Gasteiger partial charge in [0.25, 0.3) is 0 Å². The minimum Gasteiger partial charge on any atom is -0.381 e. The molecule has 0 bridgehead atoms. The lowest BCUT2D eigenvalue weighted by Crippen LogP contribution is -2.01. The summed E-state index contributed by atoms with van der Waals surface area (Å²) in [4.78, 5) is 0. The van der Waals surface area contributed by atoms with E-state index in [1.807, 2.05) is 32.0 Å². The van der Waals surface area contributed by atoms with Gasteiger partial charge < -0.3 is 5.32 Å². The van der Waals surface area contributed by atoms with Crippen LogP contribution in [0.5, 0.6) is 0 Å². The first-order valence-electron chi connectivity index (χ1n) is 5.07. The van der Waals surface area contributed by atoms with Gasteiger partial charge in [-0.15, -0.1) is 0 Å². The summed E-state index contributed by atoms with van der Waals surface area (Å²) in [7, 11) is 0. The minimum atomic E-state index is 0.818. The van der Waals surface area contributed by atoms with Crippen LogP contribution in [-0.2, 0) is 6.54 Å². The molecule has 0 amide bonds. The van der Waals surface area contributed by atoms with E-state index in [2.05, 4.69) is 27.6 Å². The van der Waals surface area contributed by atoms with E-state index in [-0.39, 0.29) is 0 Å². The molecule has 2 rings (SSSR count). The fourth-order valence-electron chi connectivity index (χ4n) is 1.58. The Labute approximate surface area is 89.5 Å². The Morgan fingerprint density at radius 1 is 1.20 bits per heavy atom. The van der Waals surface area contributed by atoms with Crippen molar-refractivity contribution in [2.24, 2.45) is 0 Å². The van der Waals surface area contributed by atoms with Crippen molar-refractivity contribution in [3.63, 3.8) is 0 Å². The average molecular weight is 201 g/mol. The molecule has 1 heterocycles. The molecule has 0 fully saturated rings. The van der Waals surface area contributed by atoms with E-state index in [1.54, 1.807) is 0 Å². The summed E-state index contributed by atoms with van der Waals surface area (Å²) in [5.41, 5.74) is 4.59. The number of hydrogen-bond acceptors (Lipinski definition) is 2. The number of aromatic amines is 1. The third-order valence-electron chi connectivity index (χ3n) is 2.52. The van der Waals surface area contributed by atoms with Gasteiger partial charge in [0.15, 0.2) is 0 Å². The predicted octanol–water partition coefficient (Wildman–Crippen LogP) is 2.64. The van der Waals surface area contributed by atoms with E-state index in [0.717, 1.165) is 23.6 Å². The van der Waals surface area contributed by atoms with Crippen molar-refractivity contribution in [2.75, 3.05) is 5.32 Å². The minimum absolute atomic E-state index is 0.818. The van der Waals surface area contributed by atoms with Crippen molar-refractivity contribution in [2.45, 2.75) is 20.4 Å². The highest BCUT2D eigenvalue weighted by Crippen LogP contribution is 2.12. The normalized spacial score (nSPS) is 10.3. The largest absolute Gasteiger partial charge is 0.381 e. The first-order valence-corrected chi connectivity index (χ1v) is 5.07. The van der Waals surface area contributed by atoms with Crippen LogP contribution in [0.4, 0.5) is 5.69 Å². The number of benzene rings is 1. The molecule has 0 aliphatic heterocycles. The Balaban J connectivity index is 2.05. The second-order valence-electron chi connectivity index (χ2n) is 3.63. The molecule has 3 nitrogen and oxygen atoms in total. The van der Waals surface area contributed by atoms with Gasteiger partial charge in [0, 0.05) is 23.5 Å². The van der Waals surface area contributed by atoms with Crippen LogP contribution in [0.15, 0.2) is 30.3 Å². The number of para-hydroxylation sites is 1. The number of rotatable bonds is 3. The van der Waals surface area contributed by atoms with Crippen LogP contribution in [0.2, 0.25) is 0 Å². The average Bonchev–Trinajstić information content (AvgIpc) is 2.58. The topological polar surface area (TPSA) is 40.7 Å². The quantitative estimate of drug-likeness (QED) is 0.801. The van der Waals surface area contributed by atoms with Crippen molar-refractivity contribution >= 4 is 5.69 Å². The maximum Gasteiger partial charge on any atom is 0.0643 e. The van der Waals surface area contributed by atoms with Crippen LogP contribution in [0.25, 0.3) is 0 Å². The van der Waals surface area contributed by atoms with Crippen LogP contribution >= 0.6 is 0 Å². The van der Waals surface area contributed by atoms with Gasteiger partial charge >= 0.3 is 0 Å². The zero-order valence-corrected chi connectivity index (χ0v) is 9.04. The van der Waals surface area contributed by atoms with Gasteiger partial charge in [-0.05, 0) is 26.0 Å².